The largest absolute Gasteiger partial charge is 0.468 e. The van der Waals surface area contributed by atoms with E-state index in [1.54, 1.807) is 4.68 Å². The number of hydrogen-bond donors (Lipinski definition) is 2. The fourth-order valence-electron chi connectivity index (χ4n) is 8.87. The van der Waals surface area contributed by atoms with E-state index in [0.29, 0.717) is 17.9 Å². The Hall–Kier alpha value is -2.58. The number of esters is 1. The number of hydrogen-bond acceptors (Lipinski definition) is 10. The molecule has 2 N–H and O–H groups in total. The molecule has 2 amide bonds. The van der Waals surface area contributed by atoms with Crippen LogP contribution in [0.5, 0.6) is 0 Å². The summed E-state index contributed by atoms with van der Waals surface area (Å²) in [5, 5.41) is 23.2. The van der Waals surface area contributed by atoms with Gasteiger partial charge in [-0.1, -0.05) is 117 Å². The van der Waals surface area contributed by atoms with Crippen molar-refractivity contribution >= 4 is 30.2 Å². The van der Waals surface area contributed by atoms with Crippen molar-refractivity contribution in [3.05, 3.63) is 4.77 Å². The number of nitrogens with zero attached hydrogens (tertiary/aromatic N) is 5. The van der Waals surface area contributed by atoms with Gasteiger partial charge in [-0.15, -0.1) is 0 Å². The molecule has 1 heterocycles. The van der Waals surface area contributed by atoms with Crippen molar-refractivity contribution in [3.8, 4) is 0 Å². The maximum absolute atomic E-state index is 14.0. The number of carbonyl (C=O) groups excluding carboxylic acids is 3. The molecule has 3 saturated carbocycles. The van der Waals surface area contributed by atoms with Gasteiger partial charge in [0.2, 0.25) is 10.7 Å². The van der Waals surface area contributed by atoms with E-state index in [0.717, 1.165) is 70.6 Å². The molecule has 7 atom stereocenters. The molecule has 13 nitrogen and oxygen atoms in total. The number of tetrazole rings is 1. The fourth-order valence-corrected chi connectivity index (χ4v) is 9.09. The number of amides is 2. The maximum atomic E-state index is 14.0. The first-order valence-electron chi connectivity index (χ1n) is 21.9. The van der Waals surface area contributed by atoms with Crippen molar-refractivity contribution < 1.29 is 33.7 Å². The molecule has 0 aliphatic heterocycles. The van der Waals surface area contributed by atoms with Gasteiger partial charge in [-0.3, -0.25) is 14.5 Å². The number of methoxy groups -OCH3 is 1. The molecular formula is C41H72N6O7S. The molecular weight excluding hydrogens is 721 g/mol. The molecule has 0 saturated heterocycles. The van der Waals surface area contributed by atoms with Crippen molar-refractivity contribution in [3.63, 3.8) is 0 Å². The van der Waals surface area contributed by atoms with Gasteiger partial charge in [0.25, 0.3) is 0 Å². The van der Waals surface area contributed by atoms with Crippen LogP contribution in [0.4, 0.5) is 4.79 Å². The molecule has 1 aromatic rings. The minimum absolute atomic E-state index is 0.0409. The van der Waals surface area contributed by atoms with Gasteiger partial charge >= 0.3 is 12.1 Å². The lowest BCUT2D eigenvalue weighted by atomic mass is 9.64. The molecule has 0 aromatic carbocycles. The van der Waals surface area contributed by atoms with Gasteiger partial charge in [-0.2, -0.15) is 4.68 Å². The highest BCUT2D eigenvalue weighted by Crippen LogP contribution is 2.45. The summed E-state index contributed by atoms with van der Waals surface area (Å²) >= 11 is 5.55. The van der Waals surface area contributed by atoms with Gasteiger partial charge in [0, 0.05) is 19.1 Å². The second-order valence-corrected chi connectivity index (χ2v) is 16.7. The minimum atomic E-state index is -0.827. The summed E-state index contributed by atoms with van der Waals surface area (Å²) in [6.45, 7) is 5.12. The molecule has 1 aromatic heterocycles. The second-order valence-electron chi connectivity index (χ2n) is 16.3. The number of aliphatic hydroxyl groups is 1. The monoisotopic (exact) mass is 793 g/mol. The van der Waals surface area contributed by atoms with E-state index >= 15 is 0 Å². The molecule has 55 heavy (non-hydrogen) atoms. The lowest BCUT2D eigenvalue weighted by Gasteiger charge is -2.47. The first-order valence-corrected chi connectivity index (χ1v) is 22.3. The lowest BCUT2D eigenvalue weighted by molar-refractivity contribution is -0.147. The molecule has 3 aliphatic carbocycles. The highest BCUT2D eigenvalue weighted by atomic mass is 32.1. The quantitative estimate of drug-likeness (QED) is 0.0602. The summed E-state index contributed by atoms with van der Waals surface area (Å²) in [7, 11) is 1.26. The first-order chi connectivity index (χ1) is 26.8. The maximum Gasteiger partial charge on any atom is 0.412 e. The number of nitrogens with one attached hydrogen (secondary N) is 1. The summed E-state index contributed by atoms with van der Waals surface area (Å²) in [6.07, 6.45) is 22.7. The van der Waals surface area contributed by atoms with Crippen LogP contribution in [0.25, 0.3) is 0 Å². The number of fused-ring (bicyclic) bond motifs is 1. The third-order valence-corrected chi connectivity index (χ3v) is 12.6. The van der Waals surface area contributed by atoms with Crippen LogP contribution < -0.4 is 5.32 Å². The van der Waals surface area contributed by atoms with Gasteiger partial charge in [0.15, 0.2) is 0 Å². The Morgan fingerprint density at radius 3 is 2.07 bits per heavy atom. The van der Waals surface area contributed by atoms with Crippen molar-refractivity contribution in [2.45, 2.75) is 199 Å². The fraction of sp³-hybridized carbons (Fsp3) is 0.902. The van der Waals surface area contributed by atoms with E-state index in [-0.39, 0.29) is 49.5 Å². The zero-order chi connectivity index (χ0) is 39.4. The predicted octanol–water partition coefficient (Wildman–Crippen LogP) is 7.88. The average Bonchev–Trinajstić information content (AvgIpc) is 3.54. The van der Waals surface area contributed by atoms with Crippen LogP contribution in [-0.2, 0) is 37.0 Å². The van der Waals surface area contributed by atoms with Crippen LogP contribution >= 0.6 is 12.2 Å². The van der Waals surface area contributed by atoms with Crippen molar-refractivity contribution in [2.75, 3.05) is 20.3 Å². The van der Waals surface area contributed by atoms with E-state index in [9.17, 15) is 19.5 Å². The minimum Gasteiger partial charge on any atom is -0.468 e. The van der Waals surface area contributed by atoms with Crippen molar-refractivity contribution in [2.24, 2.45) is 17.8 Å². The van der Waals surface area contributed by atoms with E-state index in [1.807, 2.05) is 0 Å². The first kappa shape index (κ1) is 45.1. The van der Waals surface area contributed by atoms with Crippen molar-refractivity contribution in [1.82, 2.24) is 30.0 Å². The molecule has 4 rings (SSSR count). The molecule has 7 unspecified atom stereocenters. The molecule has 0 bridgehead atoms. The molecule has 0 spiro atoms. The Balaban J connectivity index is 1.30. The van der Waals surface area contributed by atoms with Gasteiger partial charge < -0.3 is 24.6 Å². The Labute approximate surface area is 334 Å². The summed E-state index contributed by atoms with van der Waals surface area (Å²) in [4.78, 5) is 41.5. The normalized spacial score (nSPS) is 25.2. The van der Waals surface area contributed by atoms with Crippen LogP contribution in [0, 0.1) is 22.5 Å². The Kier molecular flexibility index (Phi) is 20.4. The number of aliphatic hydroxyl groups excluding tert-OH is 1. The average molecular weight is 793 g/mol. The third-order valence-electron chi connectivity index (χ3n) is 12.2. The predicted molar refractivity (Wildman–Crippen MR) is 214 cm³/mol. The summed E-state index contributed by atoms with van der Waals surface area (Å²) in [5.74, 6) is -1.80. The highest BCUT2D eigenvalue weighted by Gasteiger charge is 2.49. The van der Waals surface area contributed by atoms with E-state index in [4.69, 9.17) is 26.4 Å². The van der Waals surface area contributed by atoms with Gasteiger partial charge in [-0.05, 0) is 73.5 Å². The second kappa shape index (κ2) is 24.9. The molecule has 14 heteroatoms. The number of unbranched alkanes of at least 4 members (excludes halogenated alkanes) is 12. The van der Waals surface area contributed by atoms with Gasteiger partial charge in [-0.25, -0.2) is 9.48 Å². The van der Waals surface area contributed by atoms with Gasteiger partial charge in [0.05, 0.1) is 31.3 Å². The van der Waals surface area contributed by atoms with Crippen LogP contribution in [0.2, 0.25) is 0 Å². The summed E-state index contributed by atoms with van der Waals surface area (Å²) in [6, 6.07) is -0.109. The number of ether oxygens (including phenoxy) is 3. The zero-order valence-corrected chi connectivity index (χ0v) is 35.0. The Morgan fingerprint density at radius 2 is 1.40 bits per heavy atom. The topological polar surface area (TPSA) is 150 Å². The number of aromatic nitrogens is 4. The molecule has 314 valence electrons. The number of rotatable bonds is 24. The summed E-state index contributed by atoms with van der Waals surface area (Å²) < 4.78 is 20.8. The molecule has 3 aliphatic rings. The Bertz CT molecular complexity index is 1340. The van der Waals surface area contributed by atoms with Crippen LogP contribution in [0.1, 0.15) is 162 Å². The standard InChI is InChI=1S/C41H72N6O7S/c1-4-6-8-9-10-11-12-13-14-15-16-21-27-53-35-25-20-19-24-34(35)42-39(50)33-28-36(31-22-17-18-23-32(31)38(33)49)54-41(51)45(29-37(48)52-3)30-47-40(55)46(43-44-47)26-7-5-2/h31-36,38,49H,4-30H2,1-3H3,(H,42,50). The molecule has 0 radical (unpaired) electrons. The number of aryl methyl sites for hydroxylation is 1. The summed E-state index contributed by atoms with van der Waals surface area (Å²) in [5.41, 5.74) is 0. The van der Waals surface area contributed by atoms with Gasteiger partial charge in [0.1, 0.15) is 19.3 Å². The van der Waals surface area contributed by atoms with Crippen molar-refractivity contribution in [1.29, 1.82) is 0 Å². The van der Waals surface area contributed by atoms with E-state index in [2.05, 4.69) is 29.6 Å². The van der Waals surface area contributed by atoms with Crippen LogP contribution in [0.3, 0.4) is 0 Å². The number of carbonyl (C=O) groups is 3. The van der Waals surface area contributed by atoms with Crippen LogP contribution in [-0.4, -0.2) is 92.4 Å². The molecule has 3 fully saturated rings. The highest BCUT2D eigenvalue weighted by molar-refractivity contribution is 7.71. The third kappa shape index (κ3) is 14.4. The van der Waals surface area contributed by atoms with Crippen LogP contribution in [0.15, 0.2) is 0 Å². The Morgan fingerprint density at radius 1 is 0.800 bits per heavy atom. The SMILES string of the molecule is CCCCCCCCCCCCCCOC1CCCCC1NC(=O)C1CC(OC(=O)N(CC(=O)OC)Cn2nnn(CCCC)c2=S)C2CCCCC2C1O. The zero-order valence-electron chi connectivity index (χ0n) is 34.2. The van der Waals surface area contributed by atoms with E-state index in [1.165, 1.54) is 87.3 Å². The smallest absolute Gasteiger partial charge is 0.412 e. The van der Waals surface area contributed by atoms with E-state index < -0.39 is 30.2 Å². The lowest BCUT2D eigenvalue weighted by Crippen LogP contribution is -2.56.